The lowest BCUT2D eigenvalue weighted by Crippen LogP contribution is -2.49. The fraction of sp³-hybridized carbons (Fsp3) is 0.500. The molecule has 0 radical (unpaired) electrons. The average molecular weight is 226 g/mol. The van der Waals surface area contributed by atoms with E-state index in [4.69, 9.17) is 0 Å². The SMILES string of the molecule is C[C@H]1CNCCN1Cc1ccc(F)cc1F. The van der Waals surface area contributed by atoms with E-state index in [1.165, 1.54) is 12.1 Å². The number of nitrogens with zero attached hydrogens (tertiary/aromatic N) is 1. The molecule has 0 saturated carbocycles. The highest BCUT2D eigenvalue weighted by atomic mass is 19.1. The normalized spacial score (nSPS) is 22.3. The first-order chi connectivity index (χ1) is 7.66. The predicted octanol–water partition coefficient (Wildman–Crippen LogP) is 1.76. The molecule has 1 aliphatic heterocycles. The second kappa shape index (κ2) is 4.89. The summed E-state index contributed by atoms with van der Waals surface area (Å²) >= 11 is 0. The third-order valence-corrected chi connectivity index (χ3v) is 3.03. The molecule has 0 aromatic heterocycles. The van der Waals surface area contributed by atoms with Crippen LogP contribution in [0.3, 0.4) is 0 Å². The van der Waals surface area contributed by atoms with E-state index in [0.717, 1.165) is 25.7 Å². The Morgan fingerprint density at radius 3 is 2.94 bits per heavy atom. The van der Waals surface area contributed by atoms with Crippen LogP contribution in [0, 0.1) is 11.6 Å². The van der Waals surface area contributed by atoms with Crippen LogP contribution in [0.15, 0.2) is 18.2 Å². The molecule has 16 heavy (non-hydrogen) atoms. The van der Waals surface area contributed by atoms with Gasteiger partial charge in [-0.1, -0.05) is 6.07 Å². The van der Waals surface area contributed by atoms with Gasteiger partial charge in [-0.2, -0.15) is 0 Å². The van der Waals surface area contributed by atoms with Gasteiger partial charge in [-0.25, -0.2) is 8.78 Å². The standard InChI is InChI=1S/C12H16F2N2/c1-9-7-15-4-5-16(9)8-10-2-3-11(13)6-12(10)14/h2-3,6,9,15H,4-5,7-8H2,1H3/t9-/m0/s1. The molecule has 0 spiro atoms. The van der Waals surface area contributed by atoms with Gasteiger partial charge < -0.3 is 5.32 Å². The summed E-state index contributed by atoms with van der Waals surface area (Å²) in [7, 11) is 0. The summed E-state index contributed by atoms with van der Waals surface area (Å²) in [6, 6.07) is 4.17. The van der Waals surface area contributed by atoms with Crippen molar-refractivity contribution in [2.24, 2.45) is 0 Å². The van der Waals surface area contributed by atoms with Gasteiger partial charge in [0.2, 0.25) is 0 Å². The second-order valence-electron chi connectivity index (χ2n) is 4.26. The van der Waals surface area contributed by atoms with E-state index in [1.807, 2.05) is 0 Å². The molecule has 1 atom stereocenters. The summed E-state index contributed by atoms with van der Waals surface area (Å²) in [4.78, 5) is 2.20. The molecule has 88 valence electrons. The summed E-state index contributed by atoms with van der Waals surface area (Å²) in [5.74, 6) is -0.972. The van der Waals surface area contributed by atoms with Crippen LogP contribution in [-0.4, -0.2) is 30.6 Å². The minimum atomic E-state index is -0.519. The van der Waals surface area contributed by atoms with Crippen LogP contribution in [-0.2, 0) is 6.54 Å². The van der Waals surface area contributed by atoms with Crippen LogP contribution in [0.4, 0.5) is 8.78 Å². The molecule has 1 aliphatic rings. The Morgan fingerprint density at radius 1 is 1.44 bits per heavy atom. The summed E-state index contributed by atoms with van der Waals surface area (Å²) in [6.45, 7) is 5.40. The van der Waals surface area contributed by atoms with E-state index in [9.17, 15) is 8.78 Å². The molecule has 0 bridgehead atoms. The highest BCUT2D eigenvalue weighted by molar-refractivity contribution is 5.18. The van der Waals surface area contributed by atoms with Crippen molar-refractivity contribution in [1.29, 1.82) is 0 Å². The first-order valence-corrected chi connectivity index (χ1v) is 5.55. The van der Waals surface area contributed by atoms with Gasteiger partial charge in [0.1, 0.15) is 11.6 Å². The molecule has 1 aromatic carbocycles. The first-order valence-electron chi connectivity index (χ1n) is 5.55. The van der Waals surface area contributed by atoms with Gasteiger partial charge in [0.05, 0.1) is 0 Å². The number of nitrogens with one attached hydrogen (secondary N) is 1. The molecule has 0 aliphatic carbocycles. The number of rotatable bonds is 2. The Bertz CT molecular complexity index is 368. The molecule has 2 rings (SSSR count). The largest absolute Gasteiger partial charge is 0.314 e. The van der Waals surface area contributed by atoms with E-state index in [0.29, 0.717) is 18.2 Å². The average Bonchev–Trinajstić information content (AvgIpc) is 2.25. The van der Waals surface area contributed by atoms with Gasteiger partial charge >= 0.3 is 0 Å². The highest BCUT2D eigenvalue weighted by Gasteiger charge is 2.19. The van der Waals surface area contributed by atoms with Gasteiger partial charge in [0.25, 0.3) is 0 Å². The van der Waals surface area contributed by atoms with Gasteiger partial charge in [0, 0.05) is 43.9 Å². The zero-order chi connectivity index (χ0) is 11.5. The summed E-state index contributed by atoms with van der Waals surface area (Å²) in [5.41, 5.74) is 0.565. The lowest BCUT2D eigenvalue weighted by molar-refractivity contribution is 0.163. The molecule has 2 nitrogen and oxygen atoms in total. The molecule has 1 aromatic rings. The third kappa shape index (κ3) is 2.57. The van der Waals surface area contributed by atoms with E-state index in [-0.39, 0.29) is 0 Å². The zero-order valence-corrected chi connectivity index (χ0v) is 9.34. The van der Waals surface area contributed by atoms with Gasteiger partial charge in [-0.15, -0.1) is 0 Å². The van der Waals surface area contributed by atoms with Crippen molar-refractivity contribution < 1.29 is 8.78 Å². The molecular formula is C12H16F2N2. The van der Waals surface area contributed by atoms with E-state index in [2.05, 4.69) is 17.1 Å². The molecule has 1 heterocycles. The topological polar surface area (TPSA) is 15.3 Å². The van der Waals surface area contributed by atoms with E-state index < -0.39 is 11.6 Å². The Hall–Kier alpha value is -1.00. The van der Waals surface area contributed by atoms with Gasteiger partial charge in [-0.3, -0.25) is 4.90 Å². The number of benzene rings is 1. The van der Waals surface area contributed by atoms with Crippen LogP contribution >= 0.6 is 0 Å². The zero-order valence-electron chi connectivity index (χ0n) is 9.34. The monoisotopic (exact) mass is 226 g/mol. The van der Waals surface area contributed by atoms with Crippen LogP contribution in [0.1, 0.15) is 12.5 Å². The summed E-state index contributed by atoms with van der Waals surface area (Å²) in [6.07, 6.45) is 0. The van der Waals surface area contributed by atoms with Crippen LogP contribution in [0.25, 0.3) is 0 Å². The lowest BCUT2D eigenvalue weighted by atomic mass is 10.1. The Labute approximate surface area is 94.3 Å². The molecule has 1 fully saturated rings. The van der Waals surface area contributed by atoms with Crippen molar-refractivity contribution in [1.82, 2.24) is 10.2 Å². The van der Waals surface area contributed by atoms with E-state index in [1.54, 1.807) is 0 Å². The fourth-order valence-corrected chi connectivity index (χ4v) is 1.99. The number of hydrogen-bond donors (Lipinski definition) is 1. The molecule has 0 amide bonds. The smallest absolute Gasteiger partial charge is 0.130 e. The van der Waals surface area contributed by atoms with Gasteiger partial charge in [-0.05, 0) is 13.0 Å². The van der Waals surface area contributed by atoms with E-state index >= 15 is 0 Å². The molecule has 4 heteroatoms. The molecule has 1 saturated heterocycles. The fourth-order valence-electron chi connectivity index (χ4n) is 1.99. The lowest BCUT2D eigenvalue weighted by Gasteiger charge is -2.33. The predicted molar refractivity (Wildman–Crippen MR) is 59.1 cm³/mol. The molecule has 1 N–H and O–H groups in total. The van der Waals surface area contributed by atoms with Crippen LogP contribution in [0.5, 0.6) is 0 Å². The Kier molecular flexibility index (Phi) is 3.51. The second-order valence-corrected chi connectivity index (χ2v) is 4.26. The molecular weight excluding hydrogens is 210 g/mol. The molecule has 0 unspecified atom stereocenters. The maximum atomic E-state index is 13.5. The first kappa shape index (κ1) is 11.5. The third-order valence-electron chi connectivity index (χ3n) is 3.03. The minimum absolute atomic E-state index is 0.387. The van der Waals surface area contributed by atoms with Gasteiger partial charge in [0.15, 0.2) is 0 Å². The minimum Gasteiger partial charge on any atom is -0.314 e. The van der Waals surface area contributed by atoms with Crippen molar-refractivity contribution in [3.05, 3.63) is 35.4 Å². The number of piperazine rings is 1. The van der Waals surface area contributed by atoms with Crippen molar-refractivity contribution in [3.8, 4) is 0 Å². The van der Waals surface area contributed by atoms with Crippen molar-refractivity contribution in [3.63, 3.8) is 0 Å². The van der Waals surface area contributed by atoms with Crippen LogP contribution < -0.4 is 5.32 Å². The quantitative estimate of drug-likeness (QED) is 0.826. The maximum Gasteiger partial charge on any atom is 0.130 e. The summed E-state index contributed by atoms with van der Waals surface area (Å²) < 4.78 is 26.2. The van der Waals surface area contributed by atoms with Crippen LogP contribution in [0.2, 0.25) is 0 Å². The highest BCUT2D eigenvalue weighted by Crippen LogP contribution is 2.14. The Morgan fingerprint density at radius 2 is 2.25 bits per heavy atom. The van der Waals surface area contributed by atoms with Crippen molar-refractivity contribution in [2.45, 2.75) is 19.5 Å². The number of hydrogen-bond acceptors (Lipinski definition) is 2. The van der Waals surface area contributed by atoms with Crippen molar-refractivity contribution >= 4 is 0 Å². The maximum absolute atomic E-state index is 13.5. The van der Waals surface area contributed by atoms with Crippen molar-refractivity contribution in [2.75, 3.05) is 19.6 Å². The Balaban J connectivity index is 2.07. The summed E-state index contributed by atoms with van der Waals surface area (Å²) in [5, 5.41) is 3.28. The number of halogens is 2.